The normalized spacial score (nSPS) is 11.4. The summed E-state index contributed by atoms with van der Waals surface area (Å²) in [5.41, 5.74) is 3.48. The van der Waals surface area contributed by atoms with E-state index in [1.54, 1.807) is 20.4 Å². The first kappa shape index (κ1) is 33.4. The van der Waals surface area contributed by atoms with E-state index in [-0.39, 0.29) is 12.6 Å². The smallest absolute Gasteiger partial charge is 0.225 e. The summed E-state index contributed by atoms with van der Waals surface area (Å²) in [6.07, 6.45) is 5.57. The maximum absolute atomic E-state index is 9.40. The predicted molar refractivity (Wildman–Crippen MR) is 168 cm³/mol. The van der Waals surface area contributed by atoms with E-state index in [1.165, 1.54) is 0 Å². The van der Waals surface area contributed by atoms with Crippen LogP contribution in [0, 0.1) is 6.92 Å². The van der Waals surface area contributed by atoms with E-state index in [0.29, 0.717) is 43.4 Å². The van der Waals surface area contributed by atoms with Gasteiger partial charge in [-0.1, -0.05) is 13.8 Å². The Morgan fingerprint density at radius 1 is 1.00 bits per heavy atom. The van der Waals surface area contributed by atoms with Gasteiger partial charge in [-0.25, -0.2) is 9.97 Å². The van der Waals surface area contributed by atoms with Gasteiger partial charge in [0.2, 0.25) is 11.8 Å². The molecule has 1 aromatic carbocycles. The zero-order chi connectivity index (χ0) is 31.2. The van der Waals surface area contributed by atoms with Crippen LogP contribution in [0.25, 0.3) is 11.0 Å². The number of aliphatic hydroxyl groups is 2. The third kappa shape index (κ3) is 9.45. The number of fused-ring (bicyclic) bond motifs is 1. The third-order valence-corrected chi connectivity index (χ3v) is 6.86. The van der Waals surface area contributed by atoms with Crippen LogP contribution in [-0.4, -0.2) is 65.7 Å². The summed E-state index contributed by atoms with van der Waals surface area (Å²) >= 11 is 0. The van der Waals surface area contributed by atoms with Crippen molar-refractivity contribution in [3.8, 4) is 17.4 Å². The summed E-state index contributed by atoms with van der Waals surface area (Å²) in [6.45, 7) is 7.44. The molecule has 11 nitrogen and oxygen atoms in total. The number of hydrogen-bond donors (Lipinski definition) is 4. The fourth-order valence-electron chi connectivity index (χ4n) is 4.59. The minimum absolute atomic E-state index is 0.154. The Balaban J connectivity index is 0.00000248. The second kappa shape index (κ2) is 17.1. The van der Waals surface area contributed by atoms with Gasteiger partial charge in [0.05, 0.1) is 27.0 Å². The molecule has 43 heavy (non-hydrogen) atoms. The lowest BCUT2D eigenvalue weighted by Gasteiger charge is -2.21. The summed E-state index contributed by atoms with van der Waals surface area (Å²) in [5, 5.41) is 24.3. The molecule has 11 heteroatoms. The molecule has 0 spiro atoms. The second-order valence-corrected chi connectivity index (χ2v) is 9.95. The molecule has 234 valence electrons. The van der Waals surface area contributed by atoms with Crippen molar-refractivity contribution in [3.63, 3.8) is 0 Å². The minimum atomic E-state index is 0.154. The van der Waals surface area contributed by atoms with Crippen LogP contribution < -0.4 is 24.8 Å². The lowest BCUT2D eigenvalue weighted by Crippen LogP contribution is -2.22. The molecule has 4 aromatic rings. The average molecular weight is 596 g/mol. The van der Waals surface area contributed by atoms with E-state index in [0.717, 1.165) is 71.7 Å². The molecule has 0 fully saturated rings. The van der Waals surface area contributed by atoms with Crippen molar-refractivity contribution in [2.75, 3.05) is 45.2 Å². The van der Waals surface area contributed by atoms with E-state index in [4.69, 9.17) is 33.7 Å². The highest BCUT2D eigenvalue weighted by Crippen LogP contribution is 2.29. The highest BCUT2D eigenvalue weighted by Gasteiger charge is 2.18. The van der Waals surface area contributed by atoms with Gasteiger partial charge in [0.15, 0.2) is 5.58 Å². The van der Waals surface area contributed by atoms with Crippen molar-refractivity contribution in [1.29, 1.82) is 0 Å². The molecule has 4 rings (SSSR count). The Labute approximate surface area is 253 Å². The van der Waals surface area contributed by atoms with Crippen molar-refractivity contribution >= 4 is 22.7 Å². The monoisotopic (exact) mass is 595 g/mol. The van der Waals surface area contributed by atoms with Gasteiger partial charge in [0.1, 0.15) is 23.1 Å². The van der Waals surface area contributed by atoms with E-state index in [2.05, 4.69) is 29.5 Å². The van der Waals surface area contributed by atoms with Crippen LogP contribution in [0.1, 0.15) is 62.1 Å². The number of rotatable bonds is 16. The Hall–Kier alpha value is -4.09. The SMILES string of the molecule is CCCOc1cc2cc(Cc3c(C)nc(NCc4cc(OC)cc(OC)c4)nc3NC(CC)CCCO)oc2cn1.CO. The van der Waals surface area contributed by atoms with Gasteiger partial charge in [0, 0.05) is 61.5 Å². The average Bonchev–Trinajstić information content (AvgIpc) is 3.45. The number of nitrogens with zero attached hydrogens (tertiary/aromatic N) is 3. The van der Waals surface area contributed by atoms with Gasteiger partial charge in [-0.2, -0.15) is 4.98 Å². The topological polar surface area (TPSA) is 144 Å². The van der Waals surface area contributed by atoms with Crippen LogP contribution in [0.5, 0.6) is 17.4 Å². The van der Waals surface area contributed by atoms with E-state index < -0.39 is 0 Å². The standard InChI is InChI=1S/C31H41N5O5.CH4O/c1-6-11-40-29-15-22-14-26(41-28(22)19-32-29)17-27-20(3)34-31(36-30(27)35-23(7-2)9-8-10-37)33-18-21-12-24(38-4)16-25(13-21)39-5;1-2/h12-16,19,23,37H,6-11,17-18H2,1-5H3,(H2,33,34,35,36);2H,1H3. The molecule has 0 saturated heterocycles. The number of ether oxygens (including phenoxy) is 3. The number of methoxy groups -OCH3 is 2. The van der Waals surface area contributed by atoms with Crippen LogP contribution in [0.15, 0.2) is 40.9 Å². The summed E-state index contributed by atoms with van der Waals surface area (Å²) in [4.78, 5) is 14.0. The molecule has 0 amide bonds. The molecular weight excluding hydrogens is 550 g/mol. The van der Waals surface area contributed by atoms with E-state index >= 15 is 0 Å². The maximum Gasteiger partial charge on any atom is 0.225 e. The Bertz CT molecular complexity index is 1400. The predicted octanol–water partition coefficient (Wildman–Crippen LogP) is 5.51. The van der Waals surface area contributed by atoms with Gasteiger partial charge in [-0.15, -0.1) is 0 Å². The van der Waals surface area contributed by atoms with Gasteiger partial charge in [-0.05, 0) is 56.4 Å². The molecule has 3 aromatic heterocycles. The van der Waals surface area contributed by atoms with Crippen molar-refractivity contribution in [3.05, 3.63) is 59.1 Å². The first-order chi connectivity index (χ1) is 21.0. The third-order valence-electron chi connectivity index (χ3n) is 6.86. The largest absolute Gasteiger partial charge is 0.497 e. The number of hydrogen-bond acceptors (Lipinski definition) is 11. The van der Waals surface area contributed by atoms with Gasteiger partial charge in [0.25, 0.3) is 0 Å². The molecule has 3 heterocycles. The van der Waals surface area contributed by atoms with Crippen molar-refractivity contribution in [1.82, 2.24) is 15.0 Å². The van der Waals surface area contributed by atoms with Gasteiger partial charge < -0.3 is 39.5 Å². The molecule has 0 radical (unpaired) electrons. The summed E-state index contributed by atoms with van der Waals surface area (Å²) in [6, 6.07) is 9.82. The van der Waals surface area contributed by atoms with Gasteiger partial charge >= 0.3 is 0 Å². The maximum atomic E-state index is 9.40. The Morgan fingerprint density at radius 3 is 2.40 bits per heavy atom. The number of pyridine rings is 1. The quantitative estimate of drug-likeness (QED) is 0.130. The molecule has 0 aliphatic carbocycles. The van der Waals surface area contributed by atoms with Crippen LogP contribution >= 0.6 is 0 Å². The fourth-order valence-corrected chi connectivity index (χ4v) is 4.59. The van der Waals surface area contributed by atoms with Gasteiger partial charge in [-0.3, -0.25) is 0 Å². The highest BCUT2D eigenvalue weighted by molar-refractivity contribution is 5.78. The first-order valence-corrected chi connectivity index (χ1v) is 14.6. The number of benzene rings is 1. The number of aromatic nitrogens is 3. The Kier molecular flexibility index (Phi) is 13.3. The summed E-state index contributed by atoms with van der Waals surface area (Å²) in [5.74, 6) is 4.08. The highest BCUT2D eigenvalue weighted by atomic mass is 16.5. The number of anilines is 2. The summed E-state index contributed by atoms with van der Waals surface area (Å²) < 4.78 is 22.6. The molecule has 1 atom stereocenters. The number of aryl methyl sites for hydroxylation is 1. The second-order valence-electron chi connectivity index (χ2n) is 9.95. The molecule has 0 saturated carbocycles. The van der Waals surface area contributed by atoms with Crippen LogP contribution in [0.2, 0.25) is 0 Å². The fraction of sp³-hybridized carbons (Fsp3) is 0.469. The number of aliphatic hydroxyl groups excluding tert-OH is 2. The molecule has 4 N–H and O–H groups in total. The molecule has 0 bridgehead atoms. The number of nitrogens with one attached hydrogen (secondary N) is 2. The number of furan rings is 1. The van der Waals surface area contributed by atoms with Crippen molar-refractivity contribution < 1.29 is 28.8 Å². The minimum Gasteiger partial charge on any atom is -0.497 e. The van der Waals surface area contributed by atoms with E-state index in [9.17, 15) is 5.11 Å². The Morgan fingerprint density at radius 2 is 1.74 bits per heavy atom. The molecule has 0 aliphatic heterocycles. The van der Waals surface area contributed by atoms with Crippen LogP contribution in [-0.2, 0) is 13.0 Å². The van der Waals surface area contributed by atoms with Crippen molar-refractivity contribution in [2.24, 2.45) is 0 Å². The molecule has 0 aliphatic rings. The summed E-state index contributed by atoms with van der Waals surface area (Å²) in [7, 11) is 4.27. The lowest BCUT2D eigenvalue weighted by molar-refractivity contribution is 0.280. The van der Waals surface area contributed by atoms with Crippen LogP contribution in [0.4, 0.5) is 11.8 Å². The molecule has 1 unspecified atom stereocenters. The van der Waals surface area contributed by atoms with Crippen molar-refractivity contribution in [2.45, 2.75) is 65.5 Å². The first-order valence-electron chi connectivity index (χ1n) is 14.6. The molecular formula is C32H45N5O6. The lowest BCUT2D eigenvalue weighted by atomic mass is 10.1. The zero-order valence-corrected chi connectivity index (χ0v) is 26.1. The van der Waals surface area contributed by atoms with E-state index in [1.807, 2.05) is 37.3 Å². The van der Waals surface area contributed by atoms with Crippen LogP contribution in [0.3, 0.4) is 0 Å². The zero-order valence-electron chi connectivity index (χ0n) is 26.1.